The van der Waals surface area contributed by atoms with Crippen molar-refractivity contribution in [2.45, 2.75) is 0 Å². The highest BCUT2D eigenvalue weighted by Crippen LogP contribution is 2.10. The summed E-state index contributed by atoms with van der Waals surface area (Å²) in [7, 11) is -11.5. The first-order valence-corrected chi connectivity index (χ1v) is 12.9. The molecule has 1 aliphatic rings. The van der Waals surface area contributed by atoms with Crippen LogP contribution in [0.2, 0.25) is 0 Å². The van der Waals surface area contributed by atoms with Gasteiger partial charge < -0.3 is 0 Å². The van der Waals surface area contributed by atoms with Gasteiger partial charge in [0.2, 0.25) is 0 Å². The molecule has 0 aromatic carbocycles. The summed E-state index contributed by atoms with van der Waals surface area (Å²) in [4.78, 5) is 4.34. The van der Waals surface area contributed by atoms with Crippen LogP contribution in [0.15, 0.2) is 0 Å². The van der Waals surface area contributed by atoms with Crippen molar-refractivity contribution in [3.05, 3.63) is 0 Å². The molecule has 3 unspecified atom stereocenters. The Morgan fingerprint density at radius 3 is 1.04 bits per heavy atom. The predicted molar refractivity (Wildman–Crippen MR) is 92.4 cm³/mol. The Morgan fingerprint density at radius 2 is 0.875 bits per heavy atom. The quantitative estimate of drug-likeness (QED) is 0.348. The molecule has 24 heavy (non-hydrogen) atoms. The van der Waals surface area contributed by atoms with Crippen molar-refractivity contribution in [2.24, 2.45) is 0 Å². The summed E-state index contributed by atoms with van der Waals surface area (Å²) in [6.07, 6.45) is 0. The molecule has 3 N–H and O–H groups in total. The van der Waals surface area contributed by atoms with Crippen LogP contribution in [-0.4, -0.2) is 81.2 Å². The Morgan fingerprint density at radius 1 is 0.667 bits per heavy atom. The van der Waals surface area contributed by atoms with Crippen molar-refractivity contribution in [2.75, 3.05) is 40.2 Å². The molecule has 0 aromatic heterocycles. The minimum absolute atomic E-state index is 0.106. The summed E-state index contributed by atoms with van der Waals surface area (Å²) in [5.74, 6) is 0. The third-order valence-corrected chi connectivity index (χ3v) is 4.43. The van der Waals surface area contributed by atoms with Crippen LogP contribution in [0.1, 0.15) is 0 Å². The largest absolute Gasteiger partial charge is 0.285 e. The van der Waals surface area contributed by atoms with E-state index in [2.05, 4.69) is 46.1 Å². The van der Waals surface area contributed by atoms with Gasteiger partial charge in [-0.3, -0.25) is 40.9 Å². The van der Waals surface area contributed by atoms with E-state index in [0.717, 1.165) is 0 Å². The molecule has 1 fully saturated rings. The lowest BCUT2D eigenvalue weighted by atomic mass is 10.5. The maximum Gasteiger partial charge on any atom is 0.267 e. The first-order chi connectivity index (χ1) is 10.7. The second-order valence-corrected chi connectivity index (χ2v) is 11.5. The maximum absolute atomic E-state index is 11.0. The fraction of sp³-hybridized carbons (Fsp3) is 1.00. The monoisotopic (exact) mass is 465 g/mol. The molecular weight excluding hydrogens is 450 g/mol. The van der Waals surface area contributed by atoms with Crippen LogP contribution in [0, 0.1) is 0 Å². The summed E-state index contributed by atoms with van der Waals surface area (Å²) in [5, 5.41) is 0. The Balaban J connectivity index is 2.70. The lowest BCUT2D eigenvalue weighted by Crippen LogP contribution is -2.56. The molecule has 1 aliphatic heterocycles. The summed E-state index contributed by atoms with van der Waals surface area (Å²) < 4.78 is 73.6. The van der Waals surface area contributed by atoms with Crippen LogP contribution in [0.25, 0.3) is 0 Å². The van der Waals surface area contributed by atoms with Gasteiger partial charge in [0.15, 0.2) is 0 Å². The minimum atomic E-state index is -3.84. The van der Waals surface area contributed by atoms with E-state index in [9.17, 15) is 12.6 Å². The van der Waals surface area contributed by atoms with Crippen molar-refractivity contribution in [3.63, 3.8) is 0 Å². The normalized spacial score (nSPS) is 25.6. The average Bonchev–Trinajstić information content (AvgIpc) is 2.38. The molecule has 1 heterocycles. The molecule has 3 atom stereocenters. The molecule has 18 heteroatoms. The van der Waals surface area contributed by atoms with E-state index in [1.54, 1.807) is 0 Å². The SMILES string of the molecule is O=S(O)(=S)OCN1CN(COS(=O)(O)=S)CN(COS(=O)(O)=S)C1. The molecule has 0 spiro atoms. The zero-order chi connectivity index (χ0) is 18.6. The van der Waals surface area contributed by atoms with Crippen LogP contribution in [-0.2, 0) is 73.3 Å². The summed E-state index contributed by atoms with van der Waals surface area (Å²) in [6.45, 7) is -0.735. The van der Waals surface area contributed by atoms with Gasteiger partial charge in [-0.25, -0.2) is 0 Å². The standard InChI is InChI=1S/C6H15N3O9S6/c10-22(11,19)16-4-7-1-8(5-17-23(12,13)20)3-9(2-7)6-18-24(14,15)21/h1-6H2,(H,10,11,19)(H,12,13,20)(H,14,15,21). The molecule has 1 rings (SSSR count). The van der Waals surface area contributed by atoms with Crippen LogP contribution >= 0.6 is 0 Å². The van der Waals surface area contributed by atoms with Gasteiger partial charge in [-0.2, -0.15) is 12.6 Å². The van der Waals surface area contributed by atoms with Gasteiger partial charge >= 0.3 is 0 Å². The van der Waals surface area contributed by atoms with Gasteiger partial charge in [-0.15, -0.1) is 0 Å². The summed E-state index contributed by atoms with van der Waals surface area (Å²) in [5.41, 5.74) is 0. The molecule has 144 valence electrons. The Kier molecular flexibility index (Phi) is 8.64. The van der Waals surface area contributed by atoms with Crippen molar-refractivity contribution in [1.82, 2.24) is 14.7 Å². The minimum Gasteiger partial charge on any atom is -0.285 e. The fourth-order valence-electron chi connectivity index (χ4n) is 1.65. The van der Waals surface area contributed by atoms with E-state index < -0.39 is 27.2 Å². The maximum atomic E-state index is 11.0. The van der Waals surface area contributed by atoms with Crippen molar-refractivity contribution in [1.29, 1.82) is 0 Å². The van der Waals surface area contributed by atoms with Gasteiger partial charge in [-0.05, 0) is 0 Å². The van der Waals surface area contributed by atoms with Crippen LogP contribution in [0.3, 0.4) is 0 Å². The predicted octanol–water partition coefficient (Wildman–Crippen LogP) is -1.90. The highest BCUT2D eigenvalue weighted by Gasteiger charge is 2.25. The fourth-order valence-corrected chi connectivity index (χ4v) is 2.89. The van der Waals surface area contributed by atoms with Gasteiger partial charge in [0.05, 0.1) is 20.0 Å². The number of nitrogens with zero attached hydrogens (tertiary/aromatic N) is 3. The van der Waals surface area contributed by atoms with E-state index >= 15 is 0 Å². The second kappa shape index (κ2) is 9.10. The highest BCUT2D eigenvalue weighted by atomic mass is 32.9. The van der Waals surface area contributed by atoms with E-state index in [1.165, 1.54) is 14.7 Å². The molecule has 0 amide bonds. The third kappa shape index (κ3) is 11.4. The Labute approximate surface area is 154 Å². The zero-order valence-corrected chi connectivity index (χ0v) is 16.7. The van der Waals surface area contributed by atoms with Crippen LogP contribution in [0.5, 0.6) is 0 Å². The number of hydrogen-bond donors (Lipinski definition) is 3. The van der Waals surface area contributed by atoms with E-state index in [4.69, 9.17) is 13.7 Å². The smallest absolute Gasteiger partial charge is 0.267 e. The molecule has 0 bridgehead atoms. The van der Waals surface area contributed by atoms with Gasteiger partial charge in [0.25, 0.3) is 27.2 Å². The van der Waals surface area contributed by atoms with Gasteiger partial charge in [0, 0.05) is 33.6 Å². The van der Waals surface area contributed by atoms with Gasteiger partial charge in [0.1, 0.15) is 20.2 Å². The van der Waals surface area contributed by atoms with E-state index in [0.29, 0.717) is 0 Å². The van der Waals surface area contributed by atoms with Crippen LogP contribution in [0.4, 0.5) is 0 Å². The van der Waals surface area contributed by atoms with Gasteiger partial charge in [-0.1, -0.05) is 0 Å². The Bertz CT molecular complexity index is 615. The van der Waals surface area contributed by atoms with Crippen molar-refractivity contribution >= 4 is 60.7 Å². The molecule has 0 aliphatic carbocycles. The summed E-state index contributed by atoms with van der Waals surface area (Å²) >= 11 is 12.6. The first kappa shape index (κ1) is 22.8. The molecule has 0 saturated carbocycles. The van der Waals surface area contributed by atoms with Crippen molar-refractivity contribution in [3.8, 4) is 0 Å². The number of rotatable bonds is 9. The van der Waals surface area contributed by atoms with Crippen LogP contribution < -0.4 is 0 Å². The highest BCUT2D eigenvalue weighted by molar-refractivity contribution is 8.27. The zero-order valence-electron chi connectivity index (χ0n) is 11.8. The molecule has 0 aromatic rings. The first-order valence-electron chi connectivity index (χ1n) is 5.76. The molecule has 0 radical (unpaired) electrons. The molecule has 12 nitrogen and oxygen atoms in total. The van der Waals surface area contributed by atoms with E-state index in [-0.39, 0.29) is 40.2 Å². The third-order valence-electron chi connectivity index (χ3n) is 2.35. The van der Waals surface area contributed by atoms with E-state index in [1.807, 2.05) is 0 Å². The summed E-state index contributed by atoms with van der Waals surface area (Å²) in [6, 6.07) is 0. The molecule has 1 saturated heterocycles. The average molecular weight is 466 g/mol. The number of hydrogen-bond acceptors (Lipinski definition) is 12. The Hall–Kier alpha value is 0.750. The lowest BCUT2D eigenvalue weighted by molar-refractivity contribution is -0.0984. The molecular formula is C6H15N3O9S6. The second-order valence-electron chi connectivity index (χ2n) is 4.46. The van der Waals surface area contributed by atoms with Crippen molar-refractivity contribution < 1.29 is 38.8 Å². The lowest BCUT2D eigenvalue weighted by Gasteiger charge is -2.40. The topological polar surface area (TPSA) is 149 Å².